The number of benzene rings is 1. The van der Waals surface area contributed by atoms with Crippen LogP contribution in [-0.4, -0.2) is 37.3 Å². The molecule has 0 aliphatic carbocycles. The molecule has 164 valence electrons. The molecule has 5 rings (SSSR count). The molecular weight excluding hydrogens is 414 g/mol. The van der Waals surface area contributed by atoms with Crippen LogP contribution in [0.2, 0.25) is 0 Å². The molecule has 0 spiro atoms. The number of hydrogen-bond acceptors (Lipinski definition) is 6. The van der Waals surface area contributed by atoms with Gasteiger partial charge in [0.1, 0.15) is 11.3 Å². The standard InChI is InChI=1S/C26H23N5O2/c1-18-11-12-20(17-29-18)33-25-21(9-5-14-28-25)26(32)31-16-6-10-23(31)22-13-15-27-24(30-22)19-7-3-2-4-8-19/h2-5,7-9,11-15,17,23H,6,10,16H2,1H3. The Kier molecular flexibility index (Phi) is 5.76. The smallest absolute Gasteiger partial charge is 0.259 e. The Morgan fingerprint density at radius 2 is 1.85 bits per heavy atom. The van der Waals surface area contributed by atoms with Crippen LogP contribution in [-0.2, 0) is 0 Å². The van der Waals surface area contributed by atoms with Gasteiger partial charge in [0, 0.05) is 30.2 Å². The molecule has 3 aromatic heterocycles. The molecule has 7 heteroatoms. The van der Waals surface area contributed by atoms with Crippen LogP contribution in [0.25, 0.3) is 11.4 Å². The number of amides is 1. The maximum Gasteiger partial charge on any atom is 0.259 e. The second-order valence-corrected chi connectivity index (χ2v) is 7.92. The number of rotatable bonds is 5. The largest absolute Gasteiger partial charge is 0.437 e. The van der Waals surface area contributed by atoms with E-state index in [1.807, 2.05) is 60.4 Å². The minimum absolute atomic E-state index is 0.124. The zero-order valence-electron chi connectivity index (χ0n) is 18.3. The van der Waals surface area contributed by atoms with Gasteiger partial charge >= 0.3 is 0 Å². The SMILES string of the molecule is Cc1ccc(Oc2ncccc2C(=O)N2CCCC2c2ccnc(-c3ccccc3)n2)cn1. The Morgan fingerprint density at radius 1 is 0.970 bits per heavy atom. The molecule has 4 heterocycles. The second kappa shape index (κ2) is 9.16. The number of aromatic nitrogens is 4. The van der Waals surface area contributed by atoms with Gasteiger partial charge in [-0.3, -0.25) is 9.78 Å². The number of carbonyl (C=O) groups excluding carboxylic acids is 1. The van der Waals surface area contributed by atoms with Crippen molar-refractivity contribution in [2.24, 2.45) is 0 Å². The van der Waals surface area contributed by atoms with Gasteiger partial charge in [-0.1, -0.05) is 30.3 Å². The van der Waals surface area contributed by atoms with Gasteiger partial charge in [0.2, 0.25) is 5.88 Å². The lowest BCUT2D eigenvalue weighted by molar-refractivity contribution is 0.0729. The van der Waals surface area contributed by atoms with Gasteiger partial charge in [0.25, 0.3) is 5.91 Å². The van der Waals surface area contributed by atoms with Crippen molar-refractivity contribution in [3.05, 3.63) is 96.2 Å². The van der Waals surface area contributed by atoms with Crippen molar-refractivity contribution in [1.29, 1.82) is 0 Å². The summed E-state index contributed by atoms with van der Waals surface area (Å²) in [7, 11) is 0. The molecule has 7 nitrogen and oxygen atoms in total. The molecule has 0 radical (unpaired) electrons. The van der Waals surface area contributed by atoms with Crippen LogP contribution in [0.5, 0.6) is 11.6 Å². The highest BCUT2D eigenvalue weighted by Gasteiger charge is 2.33. The number of ether oxygens (including phenoxy) is 1. The monoisotopic (exact) mass is 437 g/mol. The van der Waals surface area contributed by atoms with Crippen molar-refractivity contribution in [2.75, 3.05) is 6.54 Å². The molecule has 1 fully saturated rings. The van der Waals surface area contributed by atoms with Gasteiger partial charge in [-0.2, -0.15) is 0 Å². The van der Waals surface area contributed by atoms with E-state index < -0.39 is 0 Å². The maximum atomic E-state index is 13.6. The lowest BCUT2D eigenvalue weighted by atomic mass is 10.1. The predicted molar refractivity (Wildman–Crippen MR) is 124 cm³/mol. The molecule has 1 amide bonds. The first-order chi connectivity index (χ1) is 16.2. The second-order valence-electron chi connectivity index (χ2n) is 7.92. The van der Waals surface area contributed by atoms with Crippen LogP contribution in [0.15, 0.2) is 79.3 Å². The van der Waals surface area contributed by atoms with Crippen molar-refractivity contribution in [3.8, 4) is 23.0 Å². The molecule has 0 bridgehead atoms. The predicted octanol–water partition coefficient (Wildman–Crippen LogP) is 5.01. The number of likely N-dealkylation sites (tertiary alicyclic amines) is 1. The first kappa shape index (κ1) is 20.8. The van der Waals surface area contributed by atoms with Gasteiger partial charge in [0.15, 0.2) is 5.82 Å². The molecule has 0 N–H and O–H groups in total. The van der Waals surface area contributed by atoms with Crippen LogP contribution in [0.1, 0.15) is 40.6 Å². The molecule has 1 aromatic carbocycles. The molecule has 1 aliphatic heterocycles. The number of pyridine rings is 2. The van der Waals surface area contributed by atoms with E-state index in [0.717, 1.165) is 29.8 Å². The van der Waals surface area contributed by atoms with E-state index in [1.165, 1.54) is 0 Å². The van der Waals surface area contributed by atoms with Gasteiger partial charge in [0.05, 0.1) is 17.9 Å². The molecule has 33 heavy (non-hydrogen) atoms. The third-order valence-electron chi connectivity index (χ3n) is 5.66. The quantitative estimate of drug-likeness (QED) is 0.436. The van der Waals surface area contributed by atoms with Gasteiger partial charge in [-0.25, -0.2) is 15.0 Å². The van der Waals surface area contributed by atoms with E-state index in [2.05, 4.69) is 15.0 Å². The first-order valence-corrected chi connectivity index (χ1v) is 10.9. The Bertz CT molecular complexity index is 1260. The molecule has 0 saturated carbocycles. The van der Waals surface area contributed by atoms with Crippen molar-refractivity contribution in [1.82, 2.24) is 24.8 Å². The highest BCUT2D eigenvalue weighted by Crippen LogP contribution is 2.34. The Morgan fingerprint density at radius 3 is 2.67 bits per heavy atom. The molecule has 4 aromatic rings. The van der Waals surface area contributed by atoms with Crippen molar-refractivity contribution in [3.63, 3.8) is 0 Å². The molecule has 1 aliphatic rings. The summed E-state index contributed by atoms with van der Waals surface area (Å²) in [5.41, 5.74) is 3.09. The van der Waals surface area contributed by atoms with E-state index in [-0.39, 0.29) is 17.8 Å². The number of aryl methyl sites for hydroxylation is 1. The van der Waals surface area contributed by atoms with Gasteiger partial charge in [-0.05, 0) is 50.1 Å². The normalized spacial score (nSPS) is 15.4. The summed E-state index contributed by atoms with van der Waals surface area (Å²) in [4.78, 5) is 33.2. The van der Waals surface area contributed by atoms with Crippen LogP contribution in [0, 0.1) is 6.92 Å². The van der Waals surface area contributed by atoms with Crippen LogP contribution < -0.4 is 4.74 Å². The summed E-state index contributed by atoms with van der Waals surface area (Å²) in [6.45, 7) is 2.55. The zero-order valence-corrected chi connectivity index (χ0v) is 18.3. The Balaban J connectivity index is 1.42. The van der Waals surface area contributed by atoms with Crippen LogP contribution in [0.3, 0.4) is 0 Å². The third-order valence-corrected chi connectivity index (χ3v) is 5.66. The Hall–Kier alpha value is -4.13. The fraction of sp³-hybridized carbons (Fsp3) is 0.192. The summed E-state index contributed by atoms with van der Waals surface area (Å²) < 4.78 is 5.92. The minimum Gasteiger partial charge on any atom is -0.437 e. The van der Waals surface area contributed by atoms with Gasteiger partial charge < -0.3 is 9.64 Å². The fourth-order valence-electron chi connectivity index (χ4n) is 4.02. The fourth-order valence-corrected chi connectivity index (χ4v) is 4.02. The molecular formula is C26H23N5O2. The topological polar surface area (TPSA) is 81.1 Å². The van der Waals surface area contributed by atoms with E-state index in [9.17, 15) is 4.79 Å². The van der Waals surface area contributed by atoms with Crippen molar-refractivity contribution >= 4 is 5.91 Å². The summed E-state index contributed by atoms with van der Waals surface area (Å²) >= 11 is 0. The third kappa shape index (κ3) is 4.43. The summed E-state index contributed by atoms with van der Waals surface area (Å²) in [6.07, 6.45) is 6.75. The lowest BCUT2D eigenvalue weighted by Gasteiger charge is -2.25. The van der Waals surface area contributed by atoms with Gasteiger partial charge in [-0.15, -0.1) is 0 Å². The van der Waals surface area contributed by atoms with E-state index in [1.54, 1.807) is 30.7 Å². The zero-order chi connectivity index (χ0) is 22.6. The van der Waals surface area contributed by atoms with E-state index >= 15 is 0 Å². The van der Waals surface area contributed by atoms with E-state index in [0.29, 0.717) is 23.7 Å². The number of nitrogens with zero attached hydrogens (tertiary/aromatic N) is 5. The first-order valence-electron chi connectivity index (χ1n) is 10.9. The van der Waals surface area contributed by atoms with Crippen molar-refractivity contribution < 1.29 is 9.53 Å². The lowest BCUT2D eigenvalue weighted by Crippen LogP contribution is -2.31. The maximum absolute atomic E-state index is 13.6. The summed E-state index contributed by atoms with van der Waals surface area (Å²) in [5.74, 6) is 1.34. The number of hydrogen-bond donors (Lipinski definition) is 0. The van der Waals surface area contributed by atoms with E-state index in [4.69, 9.17) is 9.72 Å². The molecule has 1 unspecified atom stereocenters. The number of carbonyl (C=O) groups is 1. The average molecular weight is 438 g/mol. The molecule has 1 saturated heterocycles. The summed E-state index contributed by atoms with van der Waals surface area (Å²) in [6, 6.07) is 18.8. The van der Waals surface area contributed by atoms with Crippen LogP contribution in [0.4, 0.5) is 0 Å². The highest BCUT2D eigenvalue weighted by atomic mass is 16.5. The average Bonchev–Trinajstić information content (AvgIpc) is 3.36. The summed E-state index contributed by atoms with van der Waals surface area (Å²) in [5, 5.41) is 0. The Labute approximate surface area is 192 Å². The van der Waals surface area contributed by atoms with Crippen LogP contribution >= 0.6 is 0 Å². The minimum atomic E-state index is -0.128. The van der Waals surface area contributed by atoms with Crippen molar-refractivity contribution in [2.45, 2.75) is 25.8 Å². The highest BCUT2D eigenvalue weighted by molar-refractivity contribution is 5.96. The molecule has 1 atom stereocenters.